The number of rotatable bonds is 6. The number of nitrogens with zero attached hydrogens (tertiary/aromatic N) is 2. The fraction of sp³-hybridized carbons (Fsp3) is 0.143. The molecule has 0 aliphatic carbocycles. The number of nitrogens with one attached hydrogen (secondary N) is 1. The molecule has 0 atom stereocenters. The highest BCUT2D eigenvalue weighted by Crippen LogP contribution is 2.41. The summed E-state index contributed by atoms with van der Waals surface area (Å²) >= 11 is 0. The predicted molar refractivity (Wildman–Crippen MR) is 107 cm³/mol. The Hall–Kier alpha value is -4.70. The van der Waals surface area contributed by atoms with E-state index in [0.29, 0.717) is 5.76 Å². The Balaban J connectivity index is 2.12. The molecule has 31 heavy (non-hydrogen) atoms. The number of anilines is 1. The molecule has 2 heterocycles. The van der Waals surface area contributed by atoms with Gasteiger partial charge in [0.2, 0.25) is 5.76 Å². The largest absolute Gasteiger partial charge is 0.493 e. The van der Waals surface area contributed by atoms with Crippen LogP contribution in [0.5, 0.6) is 11.5 Å². The molecule has 3 N–H and O–H groups in total. The van der Waals surface area contributed by atoms with Crippen LogP contribution >= 0.6 is 0 Å². The average molecular weight is 420 g/mol. The van der Waals surface area contributed by atoms with E-state index < -0.39 is 11.5 Å². The van der Waals surface area contributed by atoms with Gasteiger partial charge in [0.25, 0.3) is 5.56 Å². The third-order valence-electron chi connectivity index (χ3n) is 4.34. The first-order valence-electron chi connectivity index (χ1n) is 8.78. The Morgan fingerprint density at radius 2 is 1.90 bits per heavy atom. The smallest absolute Gasteiger partial charge is 0.373 e. The second-order valence-corrected chi connectivity index (χ2v) is 6.10. The molecule has 0 radical (unpaired) electrons. The summed E-state index contributed by atoms with van der Waals surface area (Å²) in [6.07, 6.45) is 0. The maximum Gasteiger partial charge on any atom is 0.373 e. The number of benzene rings is 1. The topological polar surface area (TPSA) is 164 Å². The van der Waals surface area contributed by atoms with Gasteiger partial charge >= 0.3 is 5.97 Å². The summed E-state index contributed by atoms with van der Waals surface area (Å²) in [5.41, 5.74) is 4.96. The van der Waals surface area contributed by atoms with Crippen molar-refractivity contribution in [3.8, 4) is 34.8 Å². The second kappa shape index (κ2) is 8.76. The Morgan fingerprint density at radius 3 is 2.55 bits per heavy atom. The van der Waals surface area contributed by atoms with Crippen LogP contribution in [-0.2, 0) is 11.3 Å². The molecule has 3 rings (SSSR count). The molecule has 0 spiro atoms. The summed E-state index contributed by atoms with van der Waals surface area (Å²) in [5, 5.41) is 19.1. The van der Waals surface area contributed by atoms with E-state index in [2.05, 4.69) is 9.72 Å². The number of hydrogen-bond donors (Lipinski definition) is 2. The number of carbonyl (C=O) groups is 1. The Kier molecular flexibility index (Phi) is 5.94. The monoisotopic (exact) mass is 420 g/mol. The molecule has 156 valence electrons. The number of nitriles is 2. The summed E-state index contributed by atoms with van der Waals surface area (Å²) in [6.45, 7) is -0.118. The number of nitrogens with two attached hydrogens (primary N) is 1. The molecule has 1 aromatic carbocycles. The summed E-state index contributed by atoms with van der Waals surface area (Å²) in [5.74, 6) is -0.0709. The lowest BCUT2D eigenvalue weighted by Crippen LogP contribution is -2.16. The third kappa shape index (κ3) is 3.91. The number of hydrogen-bond acceptors (Lipinski definition) is 9. The van der Waals surface area contributed by atoms with Crippen molar-refractivity contribution in [2.45, 2.75) is 6.61 Å². The van der Waals surface area contributed by atoms with Crippen molar-refractivity contribution in [2.24, 2.45) is 0 Å². The van der Waals surface area contributed by atoms with Crippen molar-refractivity contribution in [2.75, 3.05) is 20.0 Å². The Labute approximate surface area is 176 Å². The molecule has 0 saturated heterocycles. The van der Waals surface area contributed by atoms with E-state index in [-0.39, 0.29) is 51.9 Å². The number of H-pyrrole nitrogens is 1. The molecule has 0 fully saturated rings. The van der Waals surface area contributed by atoms with Crippen LogP contribution in [0.25, 0.3) is 11.1 Å². The standard InChI is InChI=1S/C21H16N4O6/c1-28-15-5-3-4-12(17-13(8-22)19(24)25-20(26)14(17)9-23)18(15)30-10-11-6-7-16(31-11)21(27)29-2/h3-7H,10H2,1-2H3,(H3,24,25,26). The highest BCUT2D eigenvalue weighted by Gasteiger charge is 2.23. The van der Waals surface area contributed by atoms with Crippen LogP contribution in [0.4, 0.5) is 5.82 Å². The van der Waals surface area contributed by atoms with Crippen molar-refractivity contribution < 1.29 is 23.4 Å². The van der Waals surface area contributed by atoms with E-state index in [4.69, 9.17) is 19.6 Å². The van der Waals surface area contributed by atoms with Gasteiger partial charge in [0.05, 0.1) is 14.2 Å². The van der Waals surface area contributed by atoms with Crippen molar-refractivity contribution in [3.63, 3.8) is 0 Å². The maximum atomic E-state index is 12.3. The van der Waals surface area contributed by atoms with E-state index in [0.717, 1.165) is 0 Å². The Morgan fingerprint density at radius 1 is 1.16 bits per heavy atom. The summed E-state index contributed by atoms with van der Waals surface area (Å²) in [7, 11) is 2.64. The van der Waals surface area contributed by atoms with Crippen LogP contribution in [0, 0.1) is 22.7 Å². The van der Waals surface area contributed by atoms with E-state index in [1.807, 2.05) is 12.1 Å². The van der Waals surface area contributed by atoms with Crippen LogP contribution in [0.3, 0.4) is 0 Å². The molecular formula is C21H16N4O6. The summed E-state index contributed by atoms with van der Waals surface area (Å²) in [4.78, 5) is 26.1. The number of furan rings is 1. The van der Waals surface area contributed by atoms with Crippen LogP contribution in [0.2, 0.25) is 0 Å². The van der Waals surface area contributed by atoms with Gasteiger partial charge in [-0.1, -0.05) is 12.1 Å². The molecule has 0 bridgehead atoms. The van der Waals surface area contributed by atoms with Gasteiger partial charge in [0, 0.05) is 11.1 Å². The lowest BCUT2D eigenvalue weighted by molar-refractivity contribution is 0.0561. The minimum absolute atomic E-state index is 0.00208. The highest BCUT2D eigenvalue weighted by atomic mass is 16.5. The number of pyridine rings is 1. The number of methoxy groups -OCH3 is 2. The molecule has 10 heteroatoms. The second-order valence-electron chi connectivity index (χ2n) is 6.10. The molecular weight excluding hydrogens is 404 g/mol. The van der Waals surface area contributed by atoms with Gasteiger partial charge in [0.15, 0.2) is 11.5 Å². The zero-order chi connectivity index (χ0) is 22.5. The predicted octanol–water partition coefficient (Wildman–Crippen LogP) is 2.33. The lowest BCUT2D eigenvalue weighted by Gasteiger charge is -2.16. The van der Waals surface area contributed by atoms with E-state index >= 15 is 0 Å². The molecule has 0 aliphatic rings. The SMILES string of the molecule is COC(=O)c1ccc(COc2c(OC)cccc2-c2c(C#N)c(N)[nH]c(=O)c2C#N)o1. The number of nitrogen functional groups attached to an aromatic ring is 1. The lowest BCUT2D eigenvalue weighted by atomic mass is 9.95. The fourth-order valence-electron chi connectivity index (χ4n) is 2.94. The zero-order valence-electron chi connectivity index (χ0n) is 16.5. The molecule has 0 unspecified atom stereocenters. The first-order chi connectivity index (χ1) is 14.9. The molecule has 3 aromatic rings. The number of esters is 1. The van der Waals surface area contributed by atoms with Gasteiger partial charge in [-0.25, -0.2) is 4.79 Å². The van der Waals surface area contributed by atoms with Crippen LogP contribution in [0.1, 0.15) is 27.4 Å². The normalized spacial score (nSPS) is 10.1. The van der Waals surface area contributed by atoms with Gasteiger partial charge < -0.3 is 29.3 Å². The number of aromatic nitrogens is 1. The first kappa shape index (κ1) is 21.0. The van der Waals surface area contributed by atoms with Crippen LogP contribution in [0.15, 0.2) is 39.5 Å². The number of carbonyl (C=O) groups excluding carboxylic acids is 1. The van der Waals surface area contributed by atoms with Crippen molar-refractivity contribution in [3.05, 3.63) is 63.3 Å². The van der Waals surface area contributed by atoms with Crippen molar-refractivity contribution >= 4 is 11.8 Å². The van der Waals surface area contributed by atoms with Crippen molar-refractivity contribution in [1.29, 1.82) is 10.5 Å². The number of ether oxygens (including phenoxy) is 3. The number of para-hydroxylation sites is 1. The summed E-state index contributed by atoms with van der Waals surface area (Å²) < 4.78 is 21.2. The highest BCUT2D eigenvalue weighted by molar-refractivity contribution is 5.86. The molecule has 0 aliphatic heterocycles. The average Bonchev–Trinajstić information content (AvgIpc) is 3.25. The molecule has 10 nitrogen and oxygen atoms in total. The third-order valence-corrected chi connectivity index (χ3v) is 4.34. The minimum Gasteiger partial charge on any atom is -0.493 e. The van der Waals surface area contributed by atoms with E-state index in [9.17, 15) is 20.1 Å². The van der Waals surface area contributed by atoms with Gasteiger partial charge in [0.1, 0.15) is 41.5 Å². The van der Waals surface area contributed by atoms with E-state index in [1.54, 1.807) is 18.2 Å². The maximum absolute atomic E-state index is 12.3. The number of aromatic amines is 1. The molecule has 2 aromatic heterocycles. The van der Waals surface area contributed by atoms with Gasteiger partial charge in [-0.15, -0.1) is 0 Å². The first-order valence-corrected chi connectivity index (χ1v) is 8.78. The van der Waals surface area contributed by atoms with Gasteiger partial charge in [-0.3, -0.25) is 4.79 Å². The fourth-order valence-corrected chi connectivity index (χ4v) is 2.94. The van der Waals surface area contributed by atoms with Gasteiger partial charge in [-0.05, 0) is 18.2 Å². The van der Waals surface area contributed by atoms with Gasteiger partial charge in [-0.2, -0.15) is 10.5 Å². The minimum atomic E-state index is -0.739. The van der Waals surface area contributed by atoms with E-state index in [1.165, 1.54) is 26.4 Å². The molecule has 0 saturated carbocycles. The van der Waals surface area contributed by atoms with Crippen LogP contribution < -0.4 is 20.8 Å². The zero-order valence-corrected chi connectivity index (χ0v) is 16.5. The quantitative estimate of drug-likeness (QED) is 0.569. The van der Waals surface area contributed by atoms with Crippen LogP contribution in [-0.4, -0.2) is 25.2 Å². The molecule has 0 amide bonds. The Bertz CT molecular complexity index is 1290. The van der Waals surface area contributed by atoms with Crippen molar-refractivity contribution in [1.82, 2.24) is 4.98 Å². The summed E-state index contributed by atoms with van der Waals surface area (Å²) in [6, 6.07) is 11.5.